The molecule has 0 aromatic carbocycles. The van der Waals surface area contributed by atoms with Crippen molar-refractivity contribution >= 4 is 0 Å². The number of hydrogen-bond acceptors (Lipinski definition) is 33. The lowest BCUT2D eigenvalue weighted by atomic mass is 9.94. The van der Waals surface area contributed by atoms with Crippen molar-refractivity contribution in [3.63, 3.8) is 0 Å². The molecule has 34 heteroatoms. The largest absolute Gasteiger partial charge is 0.394 e. The molecule has 0 aromatic heterocycles. The molecule has 22 heterocycles. The molecule has 30 atom stereocenters. The summed E-state index contributed by atoms with van der Waals surface area (Å²) in [4.78, 5) is 20.1. The molecule has 22 saturated heterocycles. The second-order valence-corrected chi connectivity index (χ2v) is 17.2. The van der Waals surface area contributed by atoms with Gasteiger partial charge >= 0.3 is 5.09 Å². The highest BCUT2D eigenvalue weighted by Crippen LogP contribution is 2.38. The summed E-state index contributed by atoms with van der Waals surface area (Å²) < 4.78 is 67.9. The lowest BCUT2D eigenvalue weighted by molar-refractivity contribution is -0.857. The first-order valence-electron chi connectivity index (χ1n) is 21.8. The van der Waals surface area contributed by atoms with Crippen molar-refractivity contribution in [2.75, 3.05) is 39.6 Å². The van der Waals surface area contributed by atoms with Crippen LogP contribution in [0, 0.1) is 10.1 Å². The molecule has 22 aliphatic rings. The Labute approximate surface area is 392 Å². The Hall–Kier alpha value is -2.00. The van der Waals surface area contributed by atoms with Crippen LogP contribution in [0.5, 0.6) is 0 Å². The van der Waals surface area contributed by atoms with Crippen LogP contribution in [-0.2, 0) is 66.7 Å². The normalized spacial score (nSPS) is 52.8. The SMILES string of the molecule is O=[N+]([O-])OO[C@@H]1[C@@H](O)[C@H]2O[C@H]3[C@H](O)[C@@H](O)[C@@H](O[C@H]4[C@H](O)[C@@H](O)[C@@H](O[C@H]5[C@H](O)[C@@H](O)[C@@H](O[C@H]6[C@H](O)[C@@H](O)[C@@H](O[C@H]7[C@H](O)[C@@H](O)[C@@H](O[C@H]1[C@@H](CO)O2)O[C@@H]7CO)O[C@@H]6CO)O[C@@H]5CO)O[C@@H]4CO)O[C@@H]3CO. The Bertz CT molecular complexity index is 1650. The number of hydrogen-bond donors (Lipinski definition) is 17. The highest BCUT2D eigenvalue weighted by atomic mass is 17.3. The van der Waals surface area contributed by atoms with E-state index in [2.05, 4.69) is 4.99 Å². The summed E-state index contributed by atoms with van der Waals surface area (Å²) in [6, 6.07) is 0. The van der Waals surface area contributed by atoms with Gasteiger partial charge in [-0.25, -0.2) is 0 Å². The number of aliphatic hydroxyl groups excluding tert-OH is 17. The molecule has 0 saturated carbocycles. The van der Waals surface area contributed by atoms with Crippen molar-refractivity contribution < 1.29 is 159 Å². The molecule has 406 valence electrons. The summed E-state index contributed by atoms with van der Waals surface area (Å²) in [5.41, 5.74) is 0. The van der Waals surface area contributed by atoms with Gasteiger partial charge in [0.25, 0.3) is 0 Å². The second-order valence-electron chi connectivity index (χ2n) is 17.2. The van der Waals surface area contributed by atoms with Gasteiger partial charge in [-0.05, 0) is 0 Å². The minimum Gasteiger partial charge on any atom is -0.394 e. The van der Waals surface area contributed by atoms with Crippen molar-refractivity contribution in [3.05, 3.63) is 10.1 Å². The van der Waals surface area contributed by atoms with Crippen LogP contribution in [-0.4, -0.2) is 316 Å². The van der Waals surface area contributed by atoms with Crippen LogP contribution in [0.1, 0.15) is 0 Å². The quantitative estimate of drug-likeness (QED) is 0.0579. The van der Waals surface area contributed by atoms with Crippen LogP contribution in [0.25, 0.3) is 0 Å². The number of nitrogens with zero attached hydrogens (tertiary/aromatic N) is 1. The molecule has 0 unspecified atom stereocenters. The van der Waals surface area contributed by atoms with E-state index in [0.717, 1.165) is 0 Å². The minimum absolute atomic E-state index is 1.02. The van der Waals surface area contributed by atoms with Gasteiger partial charge in [0.2, 0.25) is 0 Å². The van der Waals surface area contributed by atoms with Gasteiger partial charge in [0.1, 0.15) is 140 Å². The van der Waals surface area contributed by atoms with Gasteiger partial charge < -0.3 is 144 Å². The third-order valence-corrected chi connectivity index (χ3v) is 12.9. The average Bonchev–Trinajstić information content (AvgIpc) is 3.34. The fourth-order valence-corrected chi connectivity index (χ4v) is 9.11. The Morgan fingerprint density at radius 2 is 0.514 bits per heavy atom. The zero-order valence-corrected chi connectivity index (χ0v) is 36.1. The van der Waals surface area contributed by atoms with E-state index in [-0.39, 0.29) is 0 Å². The predicted molar refractivity (Wildman–Crippen MR) is 203 cm³/mol. The van der Waals surface area contributed by atoms with Crippen molar-refractivity contribution in [1.29, 1.82) is 0 Å². The molecule has 22 fully saturated rings. The van der Waals surface area contributed by atoms with Gasteiger partial charge in [-0.3, -0.25) is 0 Å². The lowest BCUT2D eigenvalue weighted by Gasteiger charge is -2.50. The van der Waals surface area contributed by atoms with Gasteiger partial charge in [-0.2, -0.15) is 4.89 Å². The second kappa shape index (κ2) is 23.7. The molecular weight excluding hydrogens is 974 g/mol. The maximum Gasteiger partial charge on any atom is 0.322 e. The molecule has 0 aromatic rings. The van der Waals surface area contributed by atoms with E-state index in [9.17, 15) is 96.9 Å². The molecule has 70 heavy (non-hydrogen) atoms. The average molecular weight is 1030 g/mol. The van der Waals surface area contributed by atoms with Crippen LogP contribution >= 0.6 is 0 Å². The summed E-state index contributed by atoms with van der Waals surface area (Å²) in [6.07, 6.45) is -61.1. The van der Waals surface area contributed by atoms with Crippen LogP contribution in [0.15, 0.2) is 0 Å². The summed E-state index contributed by atoms with van der Waals surface area (Å²) in [6.45, 7) is -6.40. The topological polar surface area (TPSA) is 516 Å². The first kappa shape index (κ1) is 55.7. The third kappa shape index (κ3) is 11.0. The Morgan fingerprint density at radius 3 is 0.729 bits per heavy atom. The molecule has 22 rings (SSSR count). The van der Waals surface area contributed by atoms with Gasteiger partial charge in [0.05, 0.1) is 39.6 Å². The molecular formula is C36H59NO33. The third-order valence-electron chi connectivity index (χ3n) is 12.9. The highest BCUT2D eigenvalue weighted by Gasteiger charge is 2.59. The van der Waals surface area contributed by atoms with E-state index < -0.39 is 229 Å². The smallest absolute Gasteiger partial charge is 0.322 e. The standard InChI is InChI=1S/C36H59NO33/c38-1-7-24-13(44)18(49)31(57-7)64-25-8(2-39)59-33(20(51)15(25)46)66-27-10(4-41)61-35(22(53)17(27)48)68-29-12(6-43)62-36(23(54)30(29)69-70-37(55)56)67-28-11(5-42)60-34(21(52)16(28)47)65-26-9(3-40)58-32(63-24)19(50)14(26)45/h7-36,38-54H,1-6H2/t7-,8-,9-,10-,11-,12-,13-,14-,15-,16-,17-,18-,19-,20-,21-,22-,23-,24-,25-,26-,27-,28-,29+,30-,31-,32-,33-,34-,35-,36-/m1/s1. The Kier molecular flexibility index (Phi) is 18.9. The number of aliphatic hydroxyl groups is 17. The predicted octanol–water partition coefficient (Wildman–Crippen LogP) is -12.9. The molecule has 22 aliphatic heterocycles. The minimum atomic E-state index is -2.35. The summed E-state index contributed by atoms with van der Waals surface area (Å²) in [7, 11) is 0. The summed E-state index contributed by atoms with van der Waals surface area (Å²) in [5, 5.41) is 195. The van der Waals surface area contributed by atoms with E-state index in [0.29, 0.717) is 0 Å². The van der Waals surface area contributed by atoms with Crippen molar-refractivity contribution in [2.24, 2.45) is 0 Å². The van der Waals surface area contributed by atoms with Crippen LogP contribution in [0.2, 0.25) is 0 Å². The van der Waals surface area contributed by atoms with Gasteiger partial charge in [-0.1, -0.05) is 0 Å². The van der Waals surface area contributed by atoms with E-state index >= 15 is 0 Å². The fraction of sp³-hybridized carbons (Fsp3) is 1.00. The number of rotatable bonds is 9. The molecule has 0 spiro atoms. The Balaban J connectivity index is 1.22. The van der Waals surface area contributed by atoms with Gasteiger partial charge in [-0.15, -0.1) is 15.1 Å². The van der Waals surface area contributed by atoms with Crippen molar-refractivity contribution in [2.45, 2.75) is 184 Å². The van der Waals surface area contributed by atoms with Crippen molar-refractivity contribution in [1.82, 2.24) is 0 Å². The van der Waals surface area contributed by atoms with E-state index in [1.807, 2.05) is 0 Å². The first-order valence-corrected chi connectivity index (χ1v) is 21.8. The highest BCUT2D eigenvalue weighted by molar-refractivity contribution is 5.01. The first-order chi connectivity index (χ1) is 33.3. The van der Waals surface area contributed by atoms with E-state index in [1.165, 1.54) is 0 Å². The summed E-state index contributed by atoms with van der Waals surface area (Å²) in [5.74, 6) is 0. The van der Waals surface area contributed by atoms with Gasteiger partial charge in [0, 0.05) is 0 Å². The van der Waals surface area contributed by atoms with Crippen LogP contribution in [0.3, 0.4) is 0 Å². The van der Waals surface area contributed by atoms with Gasteiger partial charge in [0.15, 0.2) is 43.8 Å². The van der Waals surface area contributed by atoms with Crippen molar-refractivity contribution in [3.8, 4) is 0 Å². The number of ether oxygens (including phenoxy) is 12. The van der Waals surface area contributed by atoms with Crippen LogP contribution < -0.4 is 0 Å². The molecule has 34 nitrogen and oxygen atoms in total. The monoisotopic (exact) mass is 1030 g/mol. The van der Waals surface area contributed by atoms with Crippen LogP contribution in [0.4, 0.5) is 0 Å². The molecule has 0 amide bonds. The van der Waals surface area contributed by atoms with E-state index in [1.54, 1.807) is 0 Å². The maximum absolute atomic E-state index is 11.5. The fourth-order valence-electron chi connectivity index (χ4n) is 9.11. The molecule has 0 radical (unpaired) electrons. The molecule has 17 N–H and O–H groups in total. The zero-order chi connectivity index (χ0) is 51.0. The molecule has 0 aliphatic carbocycles. The molecule has 12 bridgehead atoms. The summed E-state index contributed by atoms with van der Waals surface area (Å²) >= 11 is 0. The lowest BCUT2D eigenvalue weighted by Crippen LogP contribution is -2.69. The van der Waals surface area contributed by atoms with E-state index in [4.69, 9.17) is 61.7 Å². The zero-order valence-electron chi connectivity index (χ0n) is 36.1. The Morgan fingerprint density at radius 1 is 0.314 bits per heavy atom. The maximum atomic E-state index is 11.5.